The average molecular weight is 326 g/mol. The average Bonchev–Trinajstić information content (AvgIpc) is 2.91. The predicted molar refractivity (Wildman–Crippen MR) is 91.6 cm³/mol. The molecule has 0 saturated heterocycles. The van der Waals surface area contributed by atoms with E-state index in [1.165, 1.54) is 16.8 Å². The first-order valence-electron chi connectivity index (χ1n) is 8.18. The number of aromatic nitrogens is 2. The SMILES string of the molecule is Cc1cc(F)cc2c1NCCC2C(=O)n1nc2c(c1N)C=CCC2. The number of halogens is 1. The molecule has 1 aromatic carbocycles. The molecule has 0 bridgehead atoms. The van der Waals surface area contributed by atoms with Crippen molar-refractivity contribution in [1.29, 1.82) is 0 Å². The summed E-state index contributed by atoms with van der Waals surface area (Å²) < 4.78 is 15.2. The number of carbonyl (C=O) groups is 1. The van der Waals surface area contributed by atoms with Crippen molar-refractivity contribution >= 4 is 23.5 Å². The molecule has 1 unspecified atom stereocenters. The Bertz CT molecular complexity index is 868. The Hall–Kier alpha value is -2.63. The van der Waals surface area contributed by atoms with Crippen LogP contribution >= 0.6 is 0 Å². The van der Waals surface area contributed by atoms with E-state index < -0.39 is 5.92 Å². The normalized spacial score (nSPS) is 18.7. The van der Waals surface area contributed by atoms with E-state index in [0.717, 1.165) is 35.3 Å². The molecule has 2 aromatic rings. The number of anilines is 2. The van der Waals surface area contributed by atoms with Gasteiger partial charge in [0, 0.05) is 17.8 Å². The molecule has 0 amide bonds. The van der Waals surface area contributed by atoms with Crippen molar-refractivity contribution in [2.75, 3.05) is 17.6 Å². The Morgan fingerprint density at radius 3 is 3.08 bits per heavy atom. The first-order chi connectivity index (χ1) is 11.6. The van der Waals surface area contributed by atoms with Crippen LogP contribution in [0.15, 0.2) is 18.2 Å². The van der Waals surface area contributed by atoms with Crippen LogP contribution in [0.1, 0.15) is 45.9 Å². The molecule has 6 heteroatoms. The molecule has 0 fully saturated rings. The summed E-state index contributed by atoms with van der Waals surface area (Å²) in [6.07, 6.45) is 6.23. The third kappa shape index (κ3) is 2.21. The van der Waals surface area contributed by atoms with Gasteiger partial charge in [0.25, 0.3) is 5.91 Å². The molecule has 3 N–H and O–H groups in total. The topological polar surface area (TPSA) is 72.9 Å². The molecule has 24 heavy (non-hydrogen) atoms. The summed E-state index contributed by atoms with van der Waals surface area (Å²) in [5, 5.41) is 7.69. The van der Waals surface area contributed by atoms with Gasteiger partial charge in [-0.1, -0.05) is 12.2 Å². The van der Waals surface area contributed by atoms with Gasteiger partial charge in [-0.2, -0.15) is 9.78 Å². The van der Waals surface area contributed by atoms with Crippen molar-refractivity contribution in [3.8, 4) is 0 Å². The number of rotatable bonds is 1. The van der Waals surface area contributed by atoms with Crippen LogP contribution in [0.25, 0.3) is 6.08 Å². The number of aryl methyl sites for hydroxylation is 2. The van der Waals surface area contributed by atoms with Crippen LogP contribution in [-0.2, 0) is 6.42 Å². The molecule has 1 aliphatic heterocycles. The Morgan fingerprint density at radius 1 is 1.46 bits per heavy atom. The highest BCUT2D eigenvalue weighted by atomic mass is 19.1. The Kier molecular flexibility index (Phi) is 3.40. The van der Waals surface area contributed by atoms with Gasteiger partial charge in [-0.3, -0.25) is 4.79 Å². The maximum Gasteiger partial charge on any atom is 0.256 e. The van der Waals surface area contributed by atoms with Crippen LogP contribution in [0, 0.1) is 12.7 Å². The lowest BCUT2D eigenvalue weighted by Gasteiger charge is -2.27. The minimum Gasteiger partial charge on any atom is -0.385 e. The summed E-state index contributed by atoms with van der Waals surface area (Å²) in [4.78, 5) is 13.1. The number of hydrogen-bond acceptors (Lipinski definition) is 4. The minimum atomic E-state index is -0.441. The van der Waals surface area contributed by atoms with E-state index >= 15 is 0 Å². The fraction of sp³-hybridized carbons (Fsp3) is 0.333. The van der Waals surface area contributed by atoms with E-state index in [1.807, 2.05) is 19.1 Å². The van der Waals surface area contributed by atoms with Crippen LogP contribution in [0.4, 0.5) is 15.9 Å². The van der Waals surface area contributed by atoms with Gasteiger partial charge in [-0.15, -0.1) is 0 Å². The fourth-order valence-corrected chi connectivity index (χ4v) is 3.63. The van der Waals surface area contributed by atoms with Crippen LogP contribution < -0.4 is 11.1 Å². The van der Waals surface area contributed by atoms with Crippen LogP contribution in [0.2, 0.25) is 0 Å². The molecule has 2 aliphatic rings. The summed E-state index contributed by atoms with van der Waals surface area (Å²) in [6, 6.07) is 2.92. The predicted octanol–water partition coefficient (Wildman–Crippen LogP) is 3.11. The largest absolute Gasteiger partial charge is 0.385 e. The Balaban J connectivity index is 1.78. The van der Waals surface area contributed by atoms with E-state index in [2.05, 4.69) is 10.4 Å². The van der Waals surface area contributed by atoms with E-state index in [0.29, 0.717) is 24.3 Å². The molecule has 0 spiro atoms. The van der Waals surface area contributed by atoms with Crippen molar-refractivity contribution in [1.82, 2.24) is 9.78 Å². The number of carbonyl (C=O) groups excluding carboxylic acids is 1. The molecule has 4 rings (SSSR count). The maximum absolute atomic E-state index is 13.9. The lowest BCUT2D eigenvalue weighted by atomic mass is 9.88. The van der Waals surface area contributed by atoms with Crippen molar-refractivity contribution in [2.45, 2.75) is 32.1 Å². The number of nitrogens with two attached hydrogens (primary N) is 1. The number of nitrogens with zero attached hydrogens (tertiary/aromatic N) is 2. The van der Waals surface area contributed by atoms with Gasteiger partial charge in [0.2, 0.25) is 0 Å². The maximum atomic E-state index is 13.9. The van der Waals surface area contributed by atoms with Crippen LogP contribution in [0.3, 0.4) is 0 Å². The second kappa shape index (κ2) is 5.47. The molecule has 124 valence electrons. The highest BCUT2D eigenvalue weighted by Crippen LogP contribution is 2.36. The smallest absolute Gasteiger partial charge is 0.256 e. The molecule has 1 aliphatic carbocycles. The van der Waals surface area contributed by atoms with Crippen LogP contribution in [0.5, 0.6) is 0 Å². The van der Waals surface area contributed by atoms with Gasteiger partial charge >= 0.3 is 0 Å². The quantitative estimate of drug-likeness (QED) is 0.844. The summed E-state index contributed by atoms with van der Waals surface area (Å²) in [6.45, 7) is 2.50. The van der Waals surface area contributed by atoms with Crippen LogP contribution in [-0.4, -0.2) is 22.2 Å². The number of benzene rings is 1. The van der Waals surface area contributed by atoms with Crippen molar-refractivity contribution in [3.63, 3.8) is 0 Å². The highest BCUT2D eigenvalue weighted by molar-refractivity contribution is 5.91. The molecule has 2 heterocycles. The number of hydrogen-bond donors (Lipinski definition) is 2. The minimum absolute atomic E-state index is 0.192. The second-order valence-electron chi connectivity index (χ2n) is 6.39. The zero-order valence-corrected chi connectivity index (χ0v) is 13.5. The molecule has 5 nitrogen and oxygen atoms in total. The molecular formula is C18H19FN4O. The van der Waals surface area contributed by atoms with E-state index in [1.54, 1.807) is 0 Å². The first kappa shape index (κ1) is 14.9. The molecule has 1 aromatic heterocycles. The lowest BCUT2D eigenvalue weighted by Crippen LogP contribution is -2.29. The van der Waals surface area contributed by atoms with Gasteiger partial charge in [0.05, 0.1) is 11.6 Å². The van der Waals surface area contributed by atoms with Gasteiger partial charge in [-0.25, -0.2) is 4.39 Å². The Labute approximate surface area is 139 Å². The van der Waals surface area contributed by atoms with Gasteiger partial charge < -0.3 is 11.1 Å². The monoisotopic (exact) mass is 326 g/mol. The number of fused-ring (bicyclic) bond motifs is 2. The van der Waals surface area contributed by atoms with Crippen molar-refractivity contribution in [3.05, 3.63) is 46.4 Å². The summed E-state index contributed by atoms with van der Waals surface area (Å²) in [7, 11) is 0. The van der Waals surface area contributed by atoms with E-state index in [9.17, 15) is 9.18 Å². The fourth-order valence-electron chi connectivity index (χ4n) is 3.63. The lowest BCUT2D eigenvalue weighted by molar-refractivity contribution is 0.0859. The van der Waals surface area contributed by atoms with Crippen molar-refractivity contribution < 1.29 is 9.18 Å². The molecular weight excluding hydrogens is 307 g/mol. The molecule has 0 radical (unpaired) electrons. The third-order valence-corrected chi connectivity index (χ3v) is 4.82. The highest BCUT2D eigenvalue weighted by Gasteiger charge is 2.31. The van der Waals surface area contributed by atoms with Gasteiger partial charge in [0.1, 0.15) is 11.6 Å². The van der Waals surface area contributed by atoms with Gasteiger partial charge in [-0.05, 0) is 49.4 Å². The van der Waals surface area contributed by atoms with E-state index in [-0.39, 0.29) is 11.7 Å². The number of nitrogens with one attached hydrogen (secondary N) is 1. The summed E-state index contributed by atoms with van der Waals surface area (Å²) >= 11 is 0. The standard InChI is InChI=1S/C18H19FN4O/c1-10-8-11(19)9-14-12(6-7-21-16(10)14)18(24)23-17(20)13-4-2-3-5-15(13)22-23/h2,4,8-9,12,21H,3,5-7,20H2,1H3. The van der Waals surface area contributed by atoms with E-state index in [4.69, 9.17) is 5.73 Å². The molecule has 0 saturated carbocycles. The second-order valence-corrected chi connectivity index (χ2v) is 6.39. The van der Waals surface area contributed by atoms with Crippen molar-refractivity contribution in [2.24, 2.45) is 0 Å². The molecule has 1 atom stereocenters. The number of nitrogen functional groups attached to an aromatic ring is 1. The zero-order chi connectivity index (χ0) is 16.8. The summed E-state index contributed by atoms with van der Waals surface area (Å²) in [5.74, 6) is -0.589. The zero-order valence-electron chi connectivity index (χ0n) is 13.5. The third-order valence-electron chi connectivity index (χ3n) is 4.82. The van der Waals surface area contributed by atoms with Gasteiger partial charge in [0.15, 0.2) is 0 Å². The Morgan fingerprint density at radius 2 is 2.29 bits per heavy atom. The first-order valence-corrected chi connectivity index (χ1v) is 8.18. The summed E-state index contributed by atoms with van der Waals surface area (Å²) in [5.41, 5.74) is 10.2. The number of allylic oxidation sites excluding steroid dienone is 1.